The minimum absolute atomic E-state index is 0.0165. The van der Waals surface area contributed by atoms with E-state index in [2.05, 4.69) is 15.3 Å². The molecule has 0 bridgehead atoms. The van der Waals surface area contributed by atoms with Gasteiger partial charge in [0.1, 0.15) is 35.3 Å². The molecule has 150 valence electrons. The molecule has 3 rings (SSSR count). The second-order valence-corrected chi connectivity index (χ2v) is 6.75. The predicted octanol–water partition coefficient (Wildman–Crippen LogP) is 3.21. The molecule has 8 nitrogen and oxygen atoms in total. The monoisotopic (exact) mass is 411 g/mol. The number of anilines is 3. The number of amides is 1. The fraction of sp³-hybridized carbons (Fsp3) is 0.150. The Morgan fingerprint density at radius 1 is 1.14 bits per heavy atom. The molecule has 0 aliphatic carbocycles. The highest BCUT2D eigenvalue weighted by molar-refractivity contribution is 7.98. The van der Waals surface area contributed by atoms with Crippen LogP contribution in [0.5, 0.6) is 11.5 Å². The van der Waals surface area contributed by atoms with Gasteiger partial charge in [-0.2, -0.15) is 0 Å². The van der Waals surface area contributed by atoms with Crippen molar-refractivity contribution in [2.45, 2.75) is 11.8 Å². The van der Waals surface area contributed by atoms with Crippen molar-refractivity contribution in [1.29, 1.82) is 0 Å². The number of hydrogen-bond donors (Lipinski definition) is 3. The number of thioether (sulfide) groups is 1. The molecule has 3 aromatic rings. The van der Waals surface area contributed by atoms with Crippen molar-refractivity contribution in [2.24, 2.45) is 5.73 Å². The largest absolute Gasteiger partial charge is 0.497 e. The second kappa shape index (κ2) is 9.16. The zero-order valence-electron chi connectivity index (χ0n) is 16.0. The van der Waals surface area contributed by atoms with Crippen molar-refractivity contribution in [3.63, 3.8) is 0 Å². The van der Waals surface area contributed by atoms with Crippen molar-refractivity contribution < 1.29 is 14.3 Å². The van der Waals surface area contributed by atoms with Gasteiger partial charge in [-0.3, -0.25) is 4.79 Å². The number of primary amides is 1. The summed E-state index contributed by atoms with van der Waals surface area (Å²) in [6.07, 6.45) is 1.81. The van der Waals surface area contributed by atoms with Crippen LogP contribution < -0.4 is 26.3 Å². The Labute approximate surface area is 172 Å². The SMILES string of the molecule is COc1cc(Nc2nc(SC)nc(N)c2C(N)=O)cc(OCc2ccccc2)c1. The lowest BCUT2D eigenvalue weighted by Crippen LogP contribution is -2.18. The smallest absolute Gasteiger partial charge is 0.256 e. The Morgan fingerprint density at radius 3 is 2.52 bits per heavy atom. The van der Waals surface area contributed by atoms with Gasteiger partial charge in [0.05, 0.1) is 7.11 Å². The summed E-state index contributed by atoms with van der Waals surface area (Å²) < 4.78 is 11.2. The normalized spacial score (nSPS) is 10.4. The van der Waals surface area contributed by atoms with E-state index in [1.165, 1.54) is 11.8 Å². The zero-order chi connectivity index (χ0) is 20.8. The molecule has 0 spiro atoms. The van der Waals surface area contributed by atoms with E-state index >= 15 is 0 Å². The molecule has 29 heavy (non-hydrogen) atoms. The highest BCUT2D eigenvalue weighted by atomic mass is 32.2. The summed E-state index contributed by atoms with van der Waals surface area (Å²) in [5.41, 5.74) is 13.0. The van der Waals surface area contributed by atoms with E-state index in [4.69, 9.17) is 20.9 Å². The number of benzene rings is 2. The zero-order valence-corrected chi connectivity index (χ0v) is 16.8. The molecule has 0 fully saturated rings. The number of nitrogens with zero attached hydrogens (tertiary/aromatic N) is 2. The summed E-state index contributed by atoms with van der Waals surface area (Å²) in [7, 11) is 1.56. The summed E-state index contributed by atoms with van der Waals surface area (Å²) in [5, 5.41) is 3.49. The van der Waals surface area contributed by atoms with Gasteiger partial charge in [-0.1, -0.05) is 42.1 Å². The van der Waals surface area contributed by atoms with Crippen LogP contribution in [0.25, 0.3) is 0 Å². The van der Waals surface area contributed by atoms with Gasteiger partial charge in [-0.25, -0.2) is 9.97 Å². The molecule has 0 saturated carbocycles. The molecule has 9 heteroatoms. The molecule has 1 aromatic heterocycles. The first-order valence-electron chi connectivity index (χ1n) is 8.64. The van der Waals surface area contributed by atoms with Crippen LogP contribution in [0.2, 0.25) is 0 Å². The Balaban J connectivity index is 1.91. The lowest BCUT2D eigenvalue weighted by molar-refractivity contribution is 0.100. The molecule has 0 aliphatic heterocycles. The van der Waals surface area contributed by atoms with Gasteiger partial charge in [0.2, 0.25) is 0 Å². The number of ether oxygens (including phenoxy) is 2. The molecule has 1 heterocycles. The fourth-order valence-electron chi connectivity index (χ4n) is 2.60. The summed E-state index contributed by atoms with van der Waals surface area (Å²) in [5.74, 6) is 0.676. The number of rotatable bonds is 8. The predicted molar refractivity (Wildman–Crippen MR) is 114 cm³/mol. The maximum Gasteiger partial charge on any atom is 0.256 e. The number of carbonyl (C=O) groups excluding carboxylic acids is 1. The van der Waals surface area contributed by atoms with E-state index in [0.29, 0.717) is 28.9 Å². The van der Waals surface area contributed by atoms with Gasteiger partial charge >= 0.3 is 0 Å². The molecule has 2 aromatic carbocycles. The minimum atomic E-state index is -0.721. The lowest BCUT2D eigenvalue weighted by Gasteiger charge is -2.14. The van der Waals surface area contributed by atoms with E-state index in [9.17, 15) is 4.79 Å². The van der Waals surface area contributed by atoms with Crippen molar-refractivity contribution in [3.8, 4) is 11.5 Å². The fourth-order valence-corrected chi connectivity index (χ4v) is 2.98. The molecular weight excluding hydrogens is 390 g/mol. The van der Waals surface area contributed by atoms with E-state index in [0.717, 1.165) is 5.56 Å². The third-order valence-electron chi connectivity index (χ3n) is 3.97. The molecule has 0 radical (unpaired) electrons. The van der Waals surface area contributed by atoms with Crippen molar-refractivity contribution in [1.82, 2.24) is 9.97 Å². The van der Waals surface area contributed by atoms with Crippen LogP contribution in [0.3, 0.4) is 0 Å². The summed E-state index contributed by atoms with van der Waals surface area (Å²) in [4.78, 5) is 20.2. The molecule has 0 saturated heterocycles. The first-order valence-corrected chi connectivity index (χ1v) is 9.86. The molecular formula is C20H21N5O3S. The quantitative estimate of drug-likeness (QED) is 0.381. The minimum Gasteiger partial charge on any atom is -0.497 e. The van der Waals surface area contributed by atoms with Crippen LogP contribution in [0.1, 0.15) is 15.9 Å². The van der Waals surface area contributed by atoms with Crippen LogP contribution in [-0.2, 0) is 6.61 Å². The molecule has 0 unspecified atom stereocenters. The third-order valence-corrected chi connectivity index (χ3v) is 4.52. The van der Waals surface area contributed by atoms with Crippen LogP contribution in [0.15, 0.2) is 53.7 Å². The Kier molecular flexibility index (Phi) is 6.40. The van der Waals surface area contributed by atoms with Gasteiger partial charge in [-0.15, -0.1) is 0 Å². The standard InChI is InChI=1S/C20H21N5O3S/c1-27-14-8-13(9-15(10-14)28-11-12-6-4-3-5-7-12)23-19-16(18(22)26)17(21)24-20(25-19)29-2/h3-10H,11H2,1-2H3,(H2,22,26)(H3,21,23,24,25). The number of nitrogens with two attached hydrogens (primary N) is 2. The topological polar surface area (TPSA) is 125 Å². The van der Waals surface area contributed by atoms with E-state index in [-0.39, 0.29) is 17.2 Å². The van der Waals surface area contributed by atoms with Crippen LogP contribution >= 0.6 is 11.8 Å². The van der Waals surface area contributed by atoms with Crippen molar-refractivity contribution >= 4 is 35.0 Å². The van der Waals surface area contributed by atoms with Crippen molar-refractivity contribution in [2.75, 3.05) is 24.4 Å². The van der Waals surface area contributed by atoms with Gasteiger partial charge in [0.15, 0.2) is 5.16 Å². The van der Waals surface area contributed by atoms with E-state index in [1.807, 2.05) is 36.6 Å². The van der Waals surface area contributed by atoms with Gasteiger partial charge in [0.25, 0.3) is 5.91 Å². The molecule has 0 atom stereocenters. The Bertz CT molecular complexity index is 1010. The second-order valence-electron chi connectivity index (χ2n) is 5.98. The first kappa shape index (κ1) is 20.3. The van der Waals surface area contributed by atoms with Gasteiger partial charge < -0.3 is 26.3 Å². The Hall–Kier alpha value is -3.46. The van der Waals surface area contributed by atoms with Crippen LogP contribution in [0, 0.1) is 0 Å². The Morgan fingerprint density at radius 2 is 1.86 bits per heavy atom. The lowest BCUT2D eigenvalue weighted by atomic mass is 10.2. The van der Waals surface area contributed by atoms with Gasteiger partial charge in [0, 0.05) is 23.9 Å². The average molecular weight is 411 g/mol. The average Bonchev–Trinajstić information content (AvgIpc) is 2.72. The summed E-state index contributed by atoms with van der Waals surface area (Å²) in [6.45, 7) is 0.400. The number of carbonyl (C=O) groups is 1. The highest BCUT2D eigenvalue weighted by Crippen LogP contribution is 2.31. The number of methoxy groups -OCH3 is 1. The van der Waals surface area contributed by atoms with Crippen LogP contribution in [-0.4, -0.2) is 29.2 Å². The maximum absolute atomic E-state index is 11.8. The number of nitrogens with one attached hydrogen (secondary N) is 1. The number of hydrogen-bond acceptors (Lipinski definition) is 8. The first-order chi connectivity index (χ1) is 14.0. The number of nitrogen functional groups attached to an aromatic ring is 1. The van der Waals surface area contributed by atoms with Crippen LogP contribution in [0.4, 0.5) is 17.3 Å². The summed E-state index contributed by atoms with van der Waals surface area (Å²) in [6, 6.07) is 15.1. The molecule has 0 aliphatic rings. The van der Waals surface area contributed by atoms with E-state index < -0.39 is 5.91 Å². The van der Waals surface area contributed by atoms with Crippen molar-refractivity contribution in [3.05, 3.63) is 59.7 Å². The summed E-state index contributed by atoms with van der Waals surface area (Å²) >= 11 is 1.30. The van der Waals surface area contributed by atoms with E-state index in [1.54, 1.807) is 25.3 Å². The number of aromatic nitrogens is 2. The molecule has 1 amide bonds. The molecule has 5 N–H and O–H groups in total. The maximum atomic E-state index is 11.8. The highest BCUT2D eigenvalue weighted by Gasteiger charge is 2.18. The third kappa shape index (κ3) is 5.08. The van der Waals surface area contributed by atoms with Gasteiger partial charge in [-0.05, 0) is 11.8 Å².